The number of hydrogen-bond donors (Lipinski definition) is 1. The summed E-state index contributed by atoms with van der Waals surface area (Å²) in [5.74, 6) is 0.987. The maximum absolute atomic E-state index is 14.4. The molecule has 5 rings (SSSR count). The van der Waals surface area contributed by atoms with E-state index in [9.17, 15) is 4.39 Å². The molecule has 0 bridgehead atoms. The molecule has 2 aliphatic heterocycles. The van der Waals surface area contributed by atoms with Crippen molar-refractivity contribution in [2.24, 2.45) is 0 Å². The molecule has 1 saturated heterocycles. The summed E-state index contributed by atoms with van der Waals surface area (Å²) in [6.07, 6.45) is 4.98. The number of aromatic nitrogens is 2. The highest BCUT2D eigenvalue weighted by Crippen LogP contribution is 2.37. The Morgan fingerprint density at radius 2 is 1.97 bits per heavy atom. The van der Waals surface area contributed by atoms with Crippen LogP contribution in [-0.2, 0) is 12.8 Å². The molecule has 6 heteroatoms. The number of hydrogen-bond acceptors (Lipinski definition) is 4. The molecule has 0 radical (unpaired) electrons. The topological polar surface area (TPSA) is 42.3 Å². The van der Waals surface area contributed by atoms with Gasteiger partial charge in [0, 0.05) is 36.8 Å². The Balaban J connectivity index is 1.62. The normalized spacial score (nSPS) is 19.6. The summed E-state index contributed by atoms with van der Waals surface area (Å²) < 4.78 is 21.9. The fourth-order valence-electron chi connectivity index (χ4n) is 5.22. The van der Waals surface area contributed by atoms with E-state index in [0.29, 0.717) is 18.5 Å². The second-order valence-corrected chi connectivity index (χ2v) is 8.95. The van der Waals surface area contributed by atoms with Crippen molar-refractivity contribution in [3.05, 3.63) is 53.1 Å². The summed E-state index contributed by atoms with van der Waals surface area (Å²) in [6, 6.07) is 10.7. The van der Waals surface area contributed by atoms with Crippen LogP contribution in [0.1, 0.15) is 49.2 Å². The van der Waals surface area contributed by atoms with Crippen LogP contribution in [0, 0.1) is 5.82 Å². The third kappa shape index (κ3) is 3.57. The lowest BCUT2D eigenvalue weighted by atomic mass is 9.96. The molecule has 0 saturated carbocycles. The molecule has 0 amide bonds. The zero-order valence-corrected chi connectivity index (χ0v) is 18.6. The Bertz CT molecular complexity index is 1100. The Morgan fingerprint density at radius 3 is 2.71 bits per heavy atom. The first-order valence-electron chi connectivity index (χ1n) is 11.4. The number of ether oxygens (including phenoxy) is 1. The highest BCUT2D eigenvalue weighted by molar-refractivity contribution is 5.86. The Morgan fingerprint density at radius 1 is 1.16 bits per heavy atom. The summed E-state index contributed by atoms with van der Waals surface area (Å²) in [5.41, 5.74) is 5.91. The first-order chi connectivity index (χ1) is 15.1. The van der Waals surface area contributed by atoms with Gasteiger partial charge in [-0.3, -0.25) is 0 Å². The second-order valence-electron chi connectivity index (χ2n) is 8.95. The molecular weight excluding hydrogens is 391 g/mol. The summed E-state index contributed by atoms with van der Waals surface area (Å²) in [7, 11) is 3.68. The monoisotopic (exact) mass is 422 g/mol. The van der Waals surface area contributed by atoms with E-state index in [2.05, 4.69) is 40.9 Å². The van der Waals surface area contributed by atoms with Gasteiger partial charge in [-0.2, -0.15) is 0 Å². The molecule has 164 valence electrons. The average molecular weight is 423 g/mol. The van der Waals surface area contributed by atoms with Crippen molar-refractivity contribution in [1.29, 1.82) is 0 Å². The molecule has 2 aliphatic rings. The van der Waals surface area contributed by atoms with Crippen molar-refractivity contribution in [2.75, 3.05) is 32.1 Å². The van der Waals surface area contributed by atoms with Gasteiger partial charge in [-0.1, -0.05) is 6.07 Å². The highest BCUT2D eigenvalue weighted by atomic mass is 19.1. The van der Waals surface area contributed by atoms with Crippen LogP contribution in [0.5, 0.6) is 5.75 Å². The fourth-order valence-corrected chi connectivity index (χ4v) is 5.22. The van der Waals surface area contributed by atoms with Gasteiger partial charge in [0.2, 0.25) is 0 Å². The van der Waals surface area contributed by atoms with Gasteiger partial charge in [0.25, 0.3) is 0 Å². The van der Waals surface area contributed by atoms with Gasteiger partial charge in [-0.25, -0.2) is 9.37 Å². The predicted octanol–water partition coefficient (Wildman–Crippen LogP) is 4.47. The molecule has 5 nitrogen and oxygen atoms in total. The van der Waals surface area contributed by atoms with Crippen LogP contribution in [0.4, 0.5) is 10.1 Å². The van der Waals surface area contributed by atoms with E-state index in [0.717, 1.165) is 55.7 Å². The van der Waals surface area contributed by atoms with Crippen molar-refractivity contribution in [2.45, 2.75) is 51.1 Å². The molecule has 1 N–H and O–H groups in total. The van der Waals surface area contributed by atoms with Crippen LogP contribution in [0.15, 0.2) is 30.3 Å². The SMILES string of the molecule is COc1ccc(Cc2nc3c4c(ccc3n2C2CCNCC2)N(C)C(C)CC4)cc1F. The summed E-state index contributed by atoms with van der Waals surface area (Å²) >= 11 is 0. The van der Waals surface area contributed by atoms with Gasteiger partial charge in [-0.15, -0.1) is 0 Å². The van der Waals surface area contributed by atoms with Gasteiger partial charge in [0.1, 0.15) is 5.82 Å². The lowest BCUT2D eigenvalue weighted by Gasteiger charge is -2.34. The molecule has 0 spiro atoms. The Labute approximate surface area is 183 Å². The van der Waals surface area contributed by atoms with E-state index in [1.807, 2.05) is 6.07 Å². The molecular formula is C25H31FN4O. The number of fused-ring (bicyclic) bond motifs is 3. The molecule has 1 aromatic heterocycles. The van der Waals surface area contributed by atoms with E-state index >= 15 is 0 Å². The quantitative estimate of drug-likeness (QED) is 0.674. The summed E-state index contributed by atoms with van der Waals surface area (Å²) in [6.45, 7) is 4.32. The minimum Gasteiger partial charge on any atom is -0.494 e. The number of nitrogens with one attached hydrogen (secondary N) is 1. The molecule has 1 fully saturated rings. The molecule has 3 heterocycles. The first-order valence-corrected chi connectivity index (χ1v) is 11.4. The Hall–Kier alpha value is -2.60. The number of piperidine rings is 1. The van der Waals surface area contributed by atoms with Gasteiger partial charge in [0.15, 0.2) is 11.6 Å². The lowest BCUT2D eigenvalue weighted by Crippen LogP contribution is -2.33. The number of halogens is 1. The third-order valence-electron chi connectivity index (χ3n) is 7.12. The van der Waals surface area contributed by atoms with Gasteiger partial charge in [-0.05, 0) is 75.5 Å². The zero-order chi connectivity index (χ0) is 21.5. The van der Waals surface area contributed by atoms with E-state index in [1.54, 1.807) is 12.1 Å². The molecule has 0 aliphatic carbocycles. The molecule has 3 aromatic rings. The van der Waals surface area contributed by atoms with Crippen molar-refractivity contribution < 1.29 is 9.13 Å². The largest absolute Gasteiger partial charge is 0.494 e. The van der Waals surface area contributed by atoms with Crippen LogP contribution in [0.25, 0.3) is 11.0 Å². The van der Waals surface area contributed by atoms with Crippen LogP contribution in [0.2, 0.25) is 0 Å². The number of methoxy groups -OCH3 is 1. The van der Waals surface area contributed by atoms with Gasteiger partial charge in [0.05, 0.1) is 18.1 Å². The minimum atomic E-state index is -0.322. The molecule has 1 unspecified atom stereocenters. The standard InChI is InChI=1S/C25H31FN4O/c1-16-4-6-19-21(29(16)2)7-8-22-25(19)28-24(30(22)18-10-12-27-13-11-18)15-17-5-9-23(31-3)20(26)14-17/h5,7-9,14,16,18,27H,4,6,10-13,15H2,1-3H3. The predicted molar refractivity (Wildman–Crippen MR) is 123 cm³/mol. The van der Waals surface area contributed by atoms with Crippen molar-refractivity contribution in [3.8, 4) is 5.75 Å². The van der Waals surface area contributed by atoms with E-state index in [4.69, 9.17) is 9.72 Å². The van der Waals surface area contributed by atoms with Crippen LogP contribution >= 0.6 is 0 Å². The van der Waals surface area contributed by atoms with Crippen molar-refractivity contribution >= 4 is 16.7 Å². The summed E-state index contributed by atoms with van der Waals surface area (Å²) in [4.78, 5) is 7.57. The maximum Gasteiger partial charge on any atom is 0.165 e. The first kappa shape index (κ1) is 20.3. The van der Waals surface area contributed by atoms with Crippen LogP contribution < -0.4 is 15.0 Å². The van der Waals surface area contributed by atoms with E-state index in [1.165, 1.54) is 23.9 Å². The third-order valence-corrected chi connectivity index (χ3v) is 7.12. The van der Waals surface area contributed by atoms with Gasteiger partial charge >= 0.3 is 0 Å². The van der Waals surface area contributed by atoms with Gasteiger partial charge < -0.3 is 19.5 Å². The number of nitrogens with zero attached hydrogens (tertiary/aromatic N) is 3. The van der Waals surface area contributed by atoms with Crippen molar-refractivity contribution in [3.63, 3.8) is 0 Å². The second kappa shape index (κ2) is 8.15. The van der Waals surface area contributed by atoms with Crippen LogP contribution in [-0.4, -0.2) is 42.8 Å². The summed E-state index contributed by atoms with van der Waals surface area (Å²) in [5, 5.41) is 3.47. The number of benzene rings is 2. The van der Waals surface area contributed by atoms with Crippen molar-refractivity contribution in [1.82, 2.24) is 14.9 Å². The molecule has 2 aromatic carbocycles. The average Bonchev–Trinajstić information content (AvgIpc) is 3.15. The number of rotatable bonds is 4. The van der Waals surface area contributed by atoms with E-state index < -0.39 is 0 Å². The number of aryl methyl sites for hydroxylation is 1. The Kier molecular flexibility index (Phi) is 5.34. The lowest BCUT2D eigenvalue weighted by molar-refractivity contribution is 0.368. The minimum absolute atomic E-state index is 0.279. The highest BCUT2D eigenvalue weighted by Gasteiger charge is 2.27. The van der Waals surface area contributed by atoms with Crippen LogP contribution in [0.3, 0.4) is 0 Å². The van der Waals surface area contributed by atoms with E-state index in [-0.39, 0.29) is 11.6 Å². The molecule has 1 atom stereocenters. The maximum atomic E-state index is 14.4. The smallest absolute Gasteiger partial charge is 0.165 e. The zero-order valence-electron chi connectivity index (χ0n) is 18.6. The molecule has 31 heavy (non-hydrogen) atoms. The fraction of sp³-hybridized carbons (Fsp3) is 0.480. The number of anilines is 1. The number of imidazole rings is 1.